The first kappa shape index (κ1) is 36.5. The normalized spacial score (nSPS) is 17.0. The molecule has 6 rings (SSSR count). The third kappa shape index (κ3) is 7.54. The van der Waals surface area contributed by atoms with E-state index in [2.05, 4.69) is 10.6 Å². The van der Waals surface area contributed by atoms with Crippen molar-refractivity contribution in [2.45, 2.75) is 17.5 Å². The Morgan fingerprint density at radius 2 is 1.68 bits per heavy atom. The number of phenolic OH excluding ortho intramolecular Hbond substituents is 2. The van der Waals surface area contributed by atoms with Gasteiger partial charge >= 0.3 is 11.9 Å². The highest BCUT2D eigenvalue weighted by Gasteiger charge is 2.54. The van der Waals surface area contributed by atoms with Gasteiger partial charge in [-0.05, 0) is 29.3 Å². The number of fused-ring (bicyclic) bond motifs is 2. The summed E-state index contributed by atoms with van der Waals surface area (Å²) in [6.07, 6.45) is 0.809. The summed E-state index contributed by atoms with van der Waals surface area (Å²) < 4.78 is 10.5. The van der Waals surface area contributed by atoms with Gasteiger partial charge in [-0.3, -0.25) is 28.9 Å². The number of carboxylic acids is 2. The molecule has 3 atom stereocenters. The Balaban J connectivity index is 1.23. The van der Waals surface area contributed by atoms with Gasteiger partial charge in [0, 0.05) is 23.1 Å². The quantitative estimate of drug-likeness (QED) is 0.0896. The molecule has 1 unspecified atom stereocenters. The fourth-order valence-electron chi connectivity index (χ4n) is 5.56. The van der Waals surface area contributed by atoms with Crippen LogP contribution in [0.1, 0.15) is 32.3 Å². The molecule has 3 amide bonds. The number of carbonyl (C=O) groups is 6. The summed E-state index contributed by atoms with van der Waals surface area (Å²) in [5, 5.41) is 42.3. The van der Waals surface area contributed by atoms with Crippen molar-refractivity contribution in [1.82, 2.24) is 15.5 Å². The summed E-state index contributed by atoms with van der Waals surface area (Å²) in [5.41, 5.74) is -0.982. The Morgan fingerprint density at radius 1 is 0.981 bits per heavy atom. The third-order valence-electron chi connectivity index (χ3n) is 8.16. The number of nitrogens with one attached hydrogen (secondary N) is 2. The minimum Gasteiger partial charge on any atom is -0.504 e. The SMILES string of the molecule is O=C(O)COc1ccc(C(NC(=O)c2coc3cc(O)c(O)cc3c2=O)C(=O)N[C@@H]2C(=O)N3C(C(=O)O)=C(CSC(=O)c4ccccc4)CS[C@@H]23)cc1. The monoisotopic (exact) mass is 761 g/mol. The average molecular weight is 762 g/mol. The number of carbonyl (C=O) groups excluding carboxylic acids is 4. The minimum absolute atomic E-state index is 0.0136. The summed E-state index contributed by atoms with van der Waals surface area (Å²) in [6.45, 7) is -0.652. The van der Waals surface area contributed by atoms with Crippen molar-refractivity contribution in [3.05, 3.63) is 111 Å². The van der Waals surface area contributed by atoms with E-state index < -0.39 is 76.2 Å². The lowest BCUT2D eigenvalue weighted by Crippen LogP contribution is -2.71. The van der Waals surface area contributed by atoms with Gasteiger partial charge in [-0.1, -0.05) is 54.2 Å². The van der Waals surface area contributed by atoms with Crippen LogP contribution in [0.25, 0.3) is 11.0 Å². The molecular weight excluding hydrogens is 735 g/mol. The van der Waals surface area contributed by atoms with Crippen LogP contribution in [0.2, 0.25) is 0 Å². The number of β-lactam (4-membered cyclic amide) rings is 1. The maximum absolute atomic E-state index is 13.9. The topological polar surface area (TPSA) is 250 Å². The molecular formula is C35H27N3O13S2. The second-order valence-electron chi connectivity index (χ2n) is 11.6. The van der Waals surface area contributed by atoms with Crippen LogP contribution in [-0.4, -0.2) is 89.6 Å². The van der Waals surface area contributed by atoms with E-state index >= 15 is 0 Å². The van der Waals surface area contributed by atoms with Gasteiger partial charge in [0.15, 0.2) is 18.1 Å². The number of thioether (sulfide) groups is 2. The van der Waals surface area contributed by atoms with E-state index in [1.54, 1.807) is 30.3 Å². The van der Waals surface area contributed by atoms with Crippen molar-refractivity contribution in [3.8, 4) is 17.2 Å². The largest absolute Gasteiger partial charge is 0.504 e. The number of ether oxygens (including phenoxy) is 1. The predicted octanol–water partition coefficient (Wildman–Crippen LogP) is 2.45. The molecule has 0 radical (unpaired) electrons. The van der Waals surface area contributed by atoms with Gasteiger partial charge in [-0.25, -0.2) is 9.59 Å². The predicted molar refractivity (Wildman–Crippen MR) is 189 cm³/mol. The number of nitrogens with zero attached hydrogens (tertiary/aromatic N) is 1. The molecule has 0 saturated carbocycles. The van der Waals surface area contributed by atoms with E-state index in [0.29, 0.717) is 11.1 Å². The second kappa shape index (κ2) is 15.1. The lowest BCUT2D eigenvalue weighted by molar-refractivity contribution is -0.151. The number of benzene rings is 3. The van der Waals surface area contributed by atoms with Gasteiger partial charge in [-0.2, -0.15) is 0 Å². The van der Waals surface area contributed by atoms with Crippen LogP contribution in [0.15, 0.2) is 93.5 Å². The maximum atomic E-state index is 13.9. The van der Waals surface area contributed by atoms with Crippen LogP contribution in [0, 0.1) is 0 Å². The van der Waals surface area contributed by atoms with Crippen LogP contribution in [0.3, 0.4) is 0 Å². The van der Waals surface area contributed by atoms with E-state index in [4.69, 9.17) is 14.3 Å². The van der Waals surface area contributed by atoms with Crippen LogP contribution in [0.4, 0.5) is 0 Å². The van der Waals surface area contributed by atoms with Crippen molar-refractivity contribution >= 4 is 69.3 Å². The maximum Gasteiger partial charge on any atom is 0.352 e. The summed E-state index contributed by atoms with van der Waals surface area (Å²) in [4.78, 5) is 90.9. The number of aliphatic carboxylic acids is 2. The standard InChI is InChI=1S/C35H27N3O13S2/c39-22-10-20-24(11-23(22)40)51-12-21(29(20)43)30(44)36-26(16-6-8-19(9-7-16)50-13-25(41)42)31(45)37-27-32(46)38-28(34(47)48)18(14-52-33(27)38)15-53-35(49)17-4-2-1-3-5-17/h1-12,26-27,33,39-40H,13-15H2,(H,36,44)(H,37,45)(H,41,42)(H,47,48)/t26?,27-,33+/m1/s1. The van der Waals surface area contributed by atoms with E-state index in [1.165, 1.54) is 36.0 Å². The molecule has 0 spiro atoms. The third-order valence-corrected chi connectivity index (χ3v) is 10.5. The molecule has 2 aliphatic heterocycles. The molecule has 272 valence electrons. The molecule has 1 saturated heterocycles. The highest BCUT2D eigenvalue weighted by molar-refractivity contribution is 8.14. The number of hydrogen-bond acceptors (Lipinski definition) is 13. The molecule has 0 bridgehead atoms. The number of hydrogen-bond donors (Lipinski definition) is 6. The van der Waals surface area contributed by atoms with E-state index in [1.807, 2.05) is 0 Å². The summed E-state index contributed by atoms with van der Waals surface area (Å²) in [7, 11) is 0. The number of phenols is 2. The number of carboxylic acid groups (broad SMARTS) is 2. The zero-order chi connectivity index (χ0) is 38.0. The molecule has 3 aromatic carbocycles. The highest BCUT2D eigenvalue weighted by atomic mass is 32.2. The molecule has 16 nitrogen and oxygen atoms in total. The second-order valence-corrected chi connectivity index (χ2v) is 13.6. The lowest BCUT2D eigenvalue weighted by Gasteiger charge is -2.49. The number of amides is 3. The van der Waals surface area contributed by atoms with Crippen molar-refractivity contribution in [2.24, 2.45) is 0 Å². The van der Waals surface area contributed by atoms with Gasteiger partial charge in [-0.15, -0.1) is 11.8 Å². The molecule has 0 aliphatic carbocycles. The first-order valence-corrected chi connectivity index (χ1v) is 17.5. The summed E-state index contributed by atoms with van der Waals surface area (Å²) in [6, 6.07) is 12.9. The first-order valence-electron chi connectivity index (χ1n) is 15.5. The van der Waals surface area contributed by atoms with Crippen molar-refractivity contribution in [2.75, 3.05) is 18.1 Å². The Kier molecular flexibility index (Phi) is 10.4. The van der Waals surface area contributed by atoms with Crippen molar-refractivity contribution < 1.29 is 58.3 Å². The van der Waals surface area contributed by atoms with Gasteiger partial charge in [0.25, 0.3) is 11.8 Å². The Bertz CT molecular complexity index is 2260. The van der Waals surface area contributed by atoms with Crippen molar-refractivity contribution in [3.63, 3.8) is 0 Å². The molecule has 1 aromatic heterocycles. The zero-order valence-corrected chi connectivity index (χ0v) is 28.6. The van der Waals surface area contributed by atoms with Gasteiger partial charge in [0.05, 0.1) is 5.39 Å². The Morgan fingerprint density at radius 3 is 2.36 bits per heavy atom. The minimum atomic E-state index is -1.57. The molecule has 3 heterocycles. The van der Waals surface area contributed by atoms with Crippen LogP contribution in [0.5, 0.6) is 17.2 Å². The van der Waals surface area contributed by atoms with Gasteiger partial charge < -0.3 is 40.2 Å². The van der Waals surface area contributed by atoms with Crippen LogP contribution in [-0.2, 0) is 19.2 Å². The van der Waals surface area contributed by atoms with Gasteiger partial charge in [0.1, 0.15) is 46.3 Å². The zero-order valence-electron chi connectivity index (χ0n) is 27.0. The van der Waals surface area contributed by atoms with E-state index in [0.717, 1.165) is 35.1 Å². The average Bonchev–Trinajstić information content (AvgIpc) is 3.15. The molecule has 6 N–H and O–H groups in total. The van der Waals surface area contributed by atoms with Gasteiger partial charge in [0.2, 0.25) is 16.5 Å². The number of aromatic hydroxyl groups is 2. The highest BCUT2D eigenvalue weighted by Crippen LogP contribution is 2.41. The number of rotatable bonds is 12. The molecule has 53 heavy (non-hydrogen) atoms. The van der Waals surface area contributed by atoms with E-state index in [-0.39, 0.29) is 44.6 Å². The molecule has 1 fully saturated rings. The molecule has 2 aliphatic rings. The fourth-order valence-corrected chi connectivity index (χ4v) is 7.88. The lowest BCUT2D eigenvalue weighted by atomic mass is 10.0. The molecule has 18 heteroatoms. The van der Waals surface area contributed by atoms with E-state index in [9.17, 15) is 48.9 Å². The van der Waals surface area contributed by atoms with Crippen molar-refractivity contribution in [1.29, 1.82) is 0 Å². The fraction of sp³-hybridized carbons (Fsp3) is 0.171. The smallest absolute Gasteiger partial charge is 0.352 e. The Labute approximate surface area is 306 Å². The van der Waals surface area contributed by atoms with Crippen LogP contribution >= 0.6 is 23.5 Å². The summed E-state index contributed by atoms with van der Waals surface area (Å²) in [5.74, 6) is -6.30. The molecule has 4 aromatic rings. The Hall–Kier alpha value is -6.27. The first-order chi connectivity index (χ1) is 25.3. The van der Waals surface area contributed by atoms with Crippen LogP contribution < -0.4 is 20.8 Å². The summed E-state index contributed by atoms with van der Waals surface area (Å²) >= 11 is 2.08.